The lowest BCUT2D eigenvalue weighted by atomic mass is 10.2. The van der Waals surface area contributed by atoms with Crippen LogP contribution in [0.4, 0.5) is 4.79 Å². The summed E-state index contributed by atoms with van der Waals surface area (Å²) in [4.78, 5) is 35.3. The van der Waals surface area contributed by atoms with Crippen LogP contribution in [0.1, 0.15) is 17.7 Å². The zero-order valence-electron chi connectivity index (χ0n) is 13.1. The average molecular weight is 379 g/mol. The number of halogens is 1. The first-order chi connectivity index (χ1) is 12.0. The lowest BCUT2D eigenvalue weighted by molar-refractivity contribution is -0.143. The van der Waals surface area contributed by atoms with Gasteiger partial charge < -0.3 is 10.1 Å². The molecule has 2 N–H and O–H groups in total. The highest BCUT2D eigenvalue weighted by Crippen LogP contribution is 2.35. The van der Waals surface area contributed by atoms with Crippen molar-refractivity contribution in [3.05, 3.63) is 40.2 Å². The highest BCUT2D eigenvalue weighted by atomic mass is 35.5. The third kappa shape index (κ3) is 4.80. The van der Waals surface area contributed by atoms with Crippen LogP contribution in [-0.4, -0.2) is 30.6 Å². The van der Waals surface area contributed by atoms with Crippen LogP contribution in [0.2, 0.25) is 5.02 Å². The van der Waals surface area contributed by atoms with E-state index in [4.69, 9.17) is 16.3 Å². The fourth-order valence-corrected chi connectivity index (χ4v) is 3.48. The van der Waals surface area contributed by atoms with Gasteiger partial charge in [0.25, 0.3) is 5.91 Å². The number of urea groups is 1. The molecule has 0 atom stereocenters. The van der Waals surface area contributed by atoms with Gasteiger partial charge in [-0.3, -0.25) is 10.1 Å². The molecule has 6 nitrogen and oxygen atoms in total. The van der Waals surface area contributed by atoms with E-state index in [1.807, 2.05) is 24.3 Å². The van der Waals surface area contributed by atoms with Crippen LogP contribution in [0, 0.1) is 0 Å². The summed E-state index contributed by atoms with van der Waals surface area (Å²) >= 11 is 7.72. The molecule has 0 saturated heterocycles. The van der Waals surface area contributed by atoms with Crippen molar-refractivity contribution >= 4 is 57.0 Å². The smallest absolute Gasteiger partial charge is 0.331 e. The van der Waals surface area contributed by atoms with Gasteiger partial charge >= 0.3 is 12.0 Å². The summed E-state index contributed by atoms with van der Waals surface area (Å²) in [6, 6.07) is 7.22. The maximum atomic E-state index is 11.7. The zero-order valence-corrected chi connectivity index (χ0v) is 14.7. The lowest BCUT2D eigenvalue weighted by Gasteiger charge is -2.05. The summed E-state index contributed by atoms with van der Waals surface area (Å²) in [6.07, 6.45) is 4.59. The third-order valence-electron chi connectivity index (χ3n) is 3.44. The molecule has 1 fully saturated rings. The molecule has 1 aliphatic rings. The number of carbonyl (C=O) groups is 3. The first-order valence-electron chi connectivity index (χ1n) is 7.65. The van der Waals surface area contributed by atoms with Crippen LogP contribution in [-0.2, 0) is 14.3 Å². The SMILES string of the molecule is O=C(COC(=O)/C=C/c1sc2ccccc2c1Cl)NC(=O)NC1CC1. The van der Waals surface area contributed by atoms with Gasteiger partial charge in [-0.15, -0.1) is 11.3 Å². The monoisotopic (exact) mass is 378 g/mol. The van der Waals surface area contributed by atoms with Gasteiger partial charge in [0.05, 0.1) is 5.02 Å². The fraction of sp³-hybridized carbons (Fsp3) is 0.235. The van der Waals surface area contributed by atoms with Crippen LogP contribution in [0.25, 0.3) is 16.2 Å². The van der Waals surface area contributed by atoms with Crippen LogP contribution in [0.15, 0.2) is 30.3 Å². The number of rotatable bonds is 5. The Kier molecular flexibility index (Phi) is 5.35. The number of esters is 1. The topological polar surface area (TPSA) is 84.5 Å². The number of hydrogen-bond donors (Lipinski definition) is 2. The molecular weight excluding hydrogens is 364 g/mol. The van der Waals surface area contributed by atoms with Crippen LogP contribution >= 0.6 is 22.9 Å². The molecule has 0 bridgehead atoms. The van der Waals surface area contributed by atoms with Crippen molar-refractivity contribution in [1.82, 2.24) is 10.6 Å². The van der Waals surface area contributed by atoms with Gasteiger partial charge in [0, 0.05) is 27.1 Å². The Morgan fingerprint density at radius 2 is 2.04 bits per heavy atom. The quantitative estimate of drug-likeness (QED) is 0.618. The Morgan fingerprint density at radius 3 is 2.76 bits per heavy atom. The van der Waals surface area contributed by atoms with E-state index in [1.54, 1.807) is 6.08 Å². The van der Waals surface area contributed by atoms with E-state index >= 15 is 0 Å². The van der Waals surface area contributed by atoms with E-state index < -0.39 is 24.5 Å². The summed E-state index contributed by atoms with van der Waals surface area (Å²) in [6.45, 7) is -0.526. The molecule has 1 saturated carbocycles. The molecule has 0 unspecified atom stereocenters. The van der Waals surface area contributed by atoms with Crippen LogP contribution in [0.5, 0.6) is 0 Å². The Balaban J connectivity index is 1.49. The number of amides is 3. The van der Waals surface area contributed by atoms with Crippen molar-refractivity contribution in [2.75, 3.05) is 6.61 Å². The van der Waals surface area contributed by atoms with Gasteiger partial charge in [-0.1, -0.05) is 29.8 Å². The first kappa shape index (κ1) is 17.4. The second-order valence-electron chi connectivity index (χ2n) is 5.51. The molecule has 2 aromatic rings. The number of ether oxygens (including phenoxy) is 1. The number of thiophene rings is 1. The normalized spacial score (nSPS) is 13.8. The average Bonchev–Trinajstić information content (AvgIpc) is 3.34. The maximum absolute atomic E-state index is 11.7. The summed E-state index contributed by atoms with van der Waals surface area (Å²) < 4.78 is 5.82. The van der Waals surface area contributed by atoms with Gasteiger partial charge in [0.1, 0.15) is 0 Å². The minimum Gasteiger partial charge on any atom is -0.452 e. The largest absolute Gasteiger partial charge is 0.452 e. The molecule has 1 aromatic heterocycles. The fourth-order valence-electron chi connectivity index (χ4n) is 2.08. The summed E-state index contributed by atoms with van der Waals surface area (Å²) in [5, 5.41) is 6.19. The Labute approximate surface area is 152 Å². The molecule has 1 aromatic carbocycles. The standard InChI is InChI=1S/C17H15ClN2O4S/c18-16-11-3-1-2-4-12(11)25-13(16)7-8-15(22)24-9-14(21)20-17(23)19-10-5-6-10/h1-4,7-8,10H,5-6,9H2,(H2,19,20,21,23)/b8-7+. The molecule has 1 heterocycles. The number of imide groups is 1. The number of carbonyl (C=O) groups excluding carboxylic acids is 3. The van der Waals surface area contributed by atoms with Crippen molar-refractivity contribution in [3.8, 4) is 0 Å². The molecule has 1 aliphatic carbocycles. The summed E-state index contributed by atoms with van der Waals surface area (Å²) in [5.74, 6) is -1.37. The zero-order chi connectivity index (χ0) is 17.8. The van der Waals surface area contributed by atoms with Gasteiger partial charge in [0.2, 0.25) is 0 Å². The van der Waals surface area contributed by atoms with Crippen molar-refractivity contribution in [1.29, 1.82) is 0 Å². The van der Waals surface area contributed by atoms with Crippen molar-refractivity contribution < 1.29 is 19.1 Å². The predicted molar refractivity (Wildman–Crippen MR) is 96.5 cm³/mol. The van der Waals surface area contributed by atoms with Crippen molar-refractivity contribution in [2.24, 2.45) is 0 Å². The van der Waals surface area contributed by atoms with Gasteiger partial charge in [-0.05, 0) is 25.0 Å². The van der Waals surface area contributed by atoms with Gasteiger partial charge in [0.15, 0.2) is 6.61 Å². The van der Waals surface area contributed by atoms with Crippen LogP contribution in [0.3, 0.4) is 0 Å². The molecule has 0 radical (unpaired) electrons. The minimum atomic E-state index is -0.689. The third-order valence-corrected chi connectivity index (χ3v) is 5.10. The highest BCUT2D eigenvalue weighted by Gasteiger charge is 2.24. The first-order valence-corrected chi connectivity index (χ1v) is 8.84. The molecule has 8 heteroatoms. The van der Waals surface area contributed by atoms with E-state index in [-0.39, 0.29) is 6.04 Å². The number of benzene rings is 1. The van der Waals surface area contributed by atoms with E-state index in [9.17, 15) is 14.4 Å². The molecule has 3 rings (SSSR count). The van der Waals surface area contributed by atoms with Gasteiger partial charge in [-0.25, -0.2) is 9.59 Å². The molecule has 3 amide bonds. The minimum absolute atomic E-state index is 0.143. The molecule has 130 valence electrons. The molecule has 0 aliphatic heterocycles. The Bertz CT molecular complexity index is 857. The second-order valence-corrected chi connectivity index (χ2v) is 6.98. The summed E-state index contributed by atoms with van der Waals surface area (Å²) in [5.41, 5.74) is 0. The van der Waals surface area contributed by atoms with E-state index in [2.05, 4.69) is 10.6 Å². The highest BCUT2D eigenvalue weighted by molar-refractivity contribution is 7.20. The number of nitrogens with one attached hydrogen (secondary N) is 2. The van der Waals surface area contributed by atoms with Crippen molar-refractivity contribution in [3.63, 3.8) is 0 Å². The predicted octanol–water partition coefficient (Wildman–Crippen LogP) is 3.10. The number of hydrogen-bond acceptors (Lipinski definition) is 5. The lowest BCUT2D eigenvalue weighted by Crippen LogP contribution is -2.42. The molecular formula is C17H15ClN2O4S. The summed E-state index contributed by atoms with van der Waals surface area (Å²) in [7, 11) is 0. The molecule has 0 spiro atoms. The second kappa shape index (κ2) is 7.67. The Morgan fingerprint density at radius 1 is 1.28 bits per heavy atom. The maximum Gasteiger partial charge on any atom is 0.331 e. The van der Waals surface area contributed by atoms with E-state index in [1.165, 1.54) is 17.4 Å². The number of fused-ring (bicyclic) bond motifs is 1. The van der Waals surface area contributed by atoms with Crippen LogP contribution < -0.4 is 10.6 Å². The van der Waals surface area contributed by atoms with E-state index in [0.717, 1.165) is 27.8 Å². The molecule has 25 heavy (non-hydrogen) atoms. The Hall–Kier alpha value is -2.38. The van der Waals surface area contributed by atoms with Gasteiger partial charge in [-0.2, -0.15) is 0 Å². The van der Waals surface area contributed by atoms with E-state index in [0.29, 0.717) is 5.02 Å². The van der Waals surface area contributed by atoms with Crippen molar-refractivity contribution in [2.45, 2.75) is 18.9 Å².